The number of hydrogen-bond acceptors (Lipinski definition) is 6. The Labute approximate surface area is 153 Å². The summed E-state index contributed by atoms with van der Waals surface area (Å²) in [4.78, 5) is 0.107. The molecule has 0 fully saturated rings. The molecule has 4 N–H and O–H groups in total. The summed E-state index contributed by atoms with van der Waals surface area (Å²) in [6.07, 6.45) is 5.02. The molecule has 8 heteroatoms. The minimum Gasteiger partial charge on any atom is -0.506 e. The number of phenols is 1. The third-order valence-electron chi connectivity index (χ3n) is 3.98. The highest BCUT2D eigenvalue weighted by Crippen LogP contribution is 2.27. The van der Waals surface area contributed by atoms with Crippen molar-refractivity contribution < 1.29 is 13.5 Å². The number of allylic oxidation sites excluding steroid dienone is 1. The molecule has 7 nitrogen and oxygen atoms in total. The van der Waals surface area contributed by atoms with E-state index in [0.29, 0.717) is 5.69 Å². The zero-order valence-electron chi connectivity index (χ0n) is 14.4. The number of hydrazine groups is 2. The van der Waals surface area contributed by atoms with Crippen LogP contribution in [0.25, 0.3) is 0 Å². The number of phenolic OH excluding ortho intramolecular Hbond substituents is 1. The van der Waals surface area contributed by atoms with Crippen LogP contribution in [0.15, 0.2) is 65.3 Å². The quantitative estimate of drug-likeness (QED) is 0.557. The first-order chi connectivity index (χ1) is 12.5. The number of unbranched alkanes of at least 4 members (excludes halogenated alkanes) is 1. The molecule has 0 aromatic heterocycles. The zero-order valence-corrected chi connectivity index (χ0v) is 15.3. The molecule has 26 heavy (non-hydrogen) atoms. The van der Waals surface area contributed by atoms with Crippen LogP contribution in [-0.4, -0.2) is 13.5 Å². The molecule has 0 atom stereocenters. The van der Waals surface area contributed by atoms with Crippen molar-refractivity contribution in [2.24, 2.45) is 0 Å². The predicted molar refractivity (Wildman–Crippen MR) is 102 cm³/mol. The third-order valence-corrected chi connectivity index (χ3v) is 5.34. The maximum atomic E-state index is 12.6. The Bertz CT molecular complexity index is 912. The topological polar surface area (TPSA) is 93.7 Å². The van der Waals surface area contributed by atoms with Crippen molar-refractivity contribution in [3.05, 3.63) is 60.4 Å². The van der Waals surface area contributed by atoms with Gasteiger partial charge in [0, 0.05) is 11.9 Å². The van der Waals surface area contributed by atoms with Gasteiger partial charge >= 0.3 is 0 Å². The molecule has 2 aromatic rings. The first-order valence-electron chi connectivity index (χ1n) is 8.42. The Morgan fingerprint density at radius 2 is 1.96 bits per heavy atom. The summed E-state index contributed by atoms with van der Waals surface area (Å²) in [6.45, 7) is 2.13. The van der Waals surface area contributed by atoms with Gasteiger partial charge in [-0.15, -0.1) is 5.53 Å². The standard InChI is InChI=1S/C18H22N4O3S/c1-2-3-7-14-13-22(21-19-14)15-8-6-9-16(12-15)26(24,25)20-17-10-4-5-11-18(17)23/h4-6,8-13,19-21,23H,2-3,7H2,1H3. The number of nitrogens with one attached hydrogen (secondary N) is 3. The van der Waals surface area contributed by atoms with Crippen LogP contribution < -0.4 is 20.7 Å². The van der Waals surface area contributed by atoms with Crippen molar-refractivity contribution in [3.63, 3.8) is 0 Å². The van der Waals surface area contributed by atoms with E-state index in [1.54, 1.807) is 29.3 Å². The number of hydrogen-bond donors (Lipinski definition) is 4. The van der Waals surface area contributed by atoms with Crippen molar-refractivity contribution in [3.8, 4) is 5.75 Å². The van der Waals surface area contributed by atoms with Crippen LogP contribution in [0, 0.1) is 0 Å². The number of anilines is 2. The van der Waals surface area contributed by atoms with E-state index in [1.165, 1.54) is 18.2 Å². The van der Waals surface area contributed by atoms with Crippen molar-refractivity contribution in [1.29, 1.82) is 0 Å². The minimum atomic E-state index is -3.82. The van der Waals surface area contributed by atoms with Gasteiger partial charge in [-0.2, -0.15) is 0 Å². The largest absolute Gasteiger partial charge is 0.506 e. The Morgan fingerprint density at radius 3 is 2.73 bits per heavy atom. The molecule has 0 unspecified atom stereocenters. The van der Waals surface area contributed by atoms with E-state index in [4.69, 9.17) is 0 Å². The summed E-state index contributed by atoms with van der Waals surface area (Å²) in [6, 6.07) is 12.8. The summed E-state index contributed by atoms with van der Waals surface area (Å²) in [5.74, 6) is -0.124. The van der Waals surface area contributed by atoms with Crippen LogP contribution in [0.2, 0.25) is 0 Å². The molecule has 0 saturated heterocycles. The number of nitrogens with zero attached hydrogens (tertiary/aromatic N) is 1. The average Bonchev–Trinajstić information content (AvgIpc) is 3.11. The van der Waals surface area contributed by atoms with E-state index in [-0.39, 0.29) is 16.3 Å². The third kappa shape index (κ3) is 4.09. The van der Waals surface area contributed by atoms with Gasteiger partial charge in [0.05, 0.1) is 16.3 Å². The average molecular weight is 374 g/mol. The van der Waals surface area contributed by atoms with Gasteiger partial charge in [0.15, 0.2) is 0 Å². The van der Waals surface area contributed by atoms with Gasteiger partial charge in [-0.25, -0.2) is 8.42 Å². The van der Waals surface area contributed by atoms with E-state index >= 15 is 0 Å². The van der Waals surface area contributed by atoms with Gasteiger partial charge in [-0.1, -0.05) is 31.5 Å². The maximum Gasteiger partial charge on any atom is 0.262 e. The smallest absolute Gasteiger partial charge is 0.262 e. The number of para-hydroxylation sites is 2. The highest BCUT2D eigenvalue weighted by atomic mass is 32.2. The Hall–Kier alpha value is -2.71. The van der Waals surface area contributed by atoms with Crippen molar-refractivity contribution in [2.45, 2.75) is 31.1 Å². The minimum absolute atomic E-state index is 0.107. The van der Waals surface area contributed by atoms with Crippen molar-refractivity contribution >= 4 is 21.4 Å². The van der Waals surface area contributed by atoms with Gasteiger partial charge in [-0.05, 0) is 43.2 Å². The SMILES string of the molecule is CCCCC1=CN(c2cccc(S(=O)(=O)Nc3ccccc3O)c2)NN1. The monoisotopic (exact) mass is 374 g/mol. The summed E-state index contributed by atoms with van der Waals surface area (Å²) in [5.41, 5.74) is 7.96. The van der Waals surface area contributed by atoms with Crippen LogP contribution in [0.4, 0.5) is 11.4 Å². The number of aromatic hydroxyl groups is 1. The molecule has 138 valence electrons. The van der Waals surface area contributed by atoms with Gasteiger partial charge in [0.25, 0.3) is 10.0 Å². The molecular weight excluding hydrogens is 352 g/mol. The summed E-state index contributed by atoms with van der Waals surface area (Å²) in [7, 11) is -3.82. The molecule has 1 aliphatic rings. The van der Waals surface area contributed by atoms with E-state index in [1.807, 2.05) is 12.3 Å². The lowest BCUT2D eigenvalue weighted by atomic mass is 10.2. The molecular formula is C18H22N4O3S. The highest BCUT2D eigenvalue weighted by molar-refractivity contribution is 7.92. The highest BCUT2D eigenvalue weighted by Gasteiger charge is 2.19. The molecule has 1 heterocycles. The summed E-state index contributed by atoms with van der Waals surface area (Å²) in [5, 5.41) is 11.5. The normalized spacial score (nSPS) is 14.0. The fraction of sp³-hybridized carbons (Fsp3) is 0.222. The lowest BCUT2D eigenvalue weighted by molar-refractivity contribution is 0.477. The van der Waals surface area contributed by atoms with Crippen LogP contribution in [-0.2, 0) is 10.0 Å². The maximum absolute atomic E-state index is 12.6. The van der Waals surface area contributed by atoms with Gasteiger partial charge in [-0.3, -0.25) is 9.73 Å². The molecule has 0 aliphatic carbocycles. The Balaban J connectivity index is 1.81. The Morgan fingerprint density at radius 1 is 1.15 bits per heavy atom. The van der Waals surface area contributed by atoms with E-state index in [9.17, 15) is 13.5 Å². The number of rotatable bonds is 7. The van der Waals surface area contributed by atoms with Crippen LogP contribution >= 0.6 is 0 Å². The van der Waals surface area contributed by atoms with Crippen molar-refractivity contribution in [1.82, 2.24) is 11.0 Å². The lowest BCUT2D eigenvalue weighted by Gasteiger charge is -2.16. The molecule has 2 aromatic carbocycles. The van der Waals surface area contributed by atoms with E-state index in [0.717, 1.165) is 25.0 Å². The lowest BCUT2D eigenvalue weighted by Crippen LogP contribution is -2.36. The van der Waals surface area contributed by atoms with Gasteiger partial charge in [0.2, 0.25) is 0 Å². The summed E-state index contributed by atoms with van der Waals surface area (Å²) < 4.78 is 27.7. The molecule has 1 aliphatic heterocycles. The Kier molecular flexibility index (Phi) is 5.34. The second-order valence-electron chi connectivity index (χ2n) is 5.98. The van der Waals surface area contributed by atoms with Crippen LogP contribution in [0.5, 0.6) is 5.75 Å². The first kappa shape index (κ1) is 18.1. The molecule has 0 amide bonds. The molecule has 3 rings (SSSR count). The van der Waals surface area contributed by atoms with Gasteiger partial charge < -0.3 is 10.5 Å². The number of benzene rings is 2. The molecule has 0 spiro atoms. The second kappa shape index (κ2) is 7.67. The number of sulfonamides is 1. The predicted octanol–water partition coefficient (Wildman–Crippen LogP) is 3.05. The fourth-order valence-electron chi connectivity index (χ4n) is 2.55. The first-order valence-corrected chi connectivity index (χ1v) is 9.90. The van der Waals surface area contributed by atoms with Crippen LogP contribution in [0.1, 0.15) is 26.2 Å². The van der Waals surface area contributed by atoms with Crippen molar-refractivity contribution in [2.75, 3.05) is 9.73 Å². The molecule has 0 bridgehead atoms. The zero-order chi connectivity index (χ0) is 18.6. The second-order valence-corrected chi connectivity index (χ2v) is 7.67. The molecule has 0 radical (unpaired) electrons. The van der Waals surface area contributed by atoms with E-state index < -0.39 is 10.0 Å². The van der Waals surface area contributed by atoms with Crippen LogP contribution in [0.3, 0.4) is 0 Å². The van der Waals surface area contributed by atoms with E-state index in [2.05, 4.69) is 22.6 Å². The summed E-state index contributed by atoms with van der Waals surface area (Å²) >= 11 is 0. The van der Waals surface area contributed by atoms with Gasteiger partial charge in [0.1, 0.15) is 5.75 Å². The fourth-order valence-corrected chi connectivity index (χ4v) is 3.66. The molecule has 0 saturated carbocycles.